The van der Waals surface area contributed by atoms with Crippen LogP contribution in [0.4, 0.5) is 0 Å². The number of para-hydroxylation sites is 1. The number of ether oxygens (including phenoxy) is 1. The number of phenolic OH excluding ortho intramolecular Hbond substituents is 2. The number of thiazole rings is 1. The lowest BCUT2D eigenvalue weighted by atomic mass is 10.1. The summed E-state index contributed by atoms with van der Waals surface area (Å²) in [5.74, 6) is 0.556. The Morgan fingerprint density at radius 2 is 1.77 bits per heavy atom. The van der Waals surface area contributed by atoms with Crippen LogP contribution in [0, 0.1) is 0 Å². The van der Waals surface area contributed by atoms with Gasteiger partial charge in [-0.15, -0.1) is 11.3 Å². The molecule has 0 fully saturated rings. The Labute approximate surface area is 152 Å². The van der Waals surface area contributed by atoms with Gasteiger partial charge in [0.25, 0.3) is 0 Å². The highest BCUT2D eigenvalue weighted by molar-refractivity contribution is 7.20. The summed E-state index contributed by atoms with van der Waals surface area (Å²) in [5, 5.41) is 20.0. The van der Waals surface area contributed by atoms with Crippen molar-refractivity contribution in [3.63, 3.8) is 0 Å². The zero-order chi connectivity index (χ0) is 18.1. The van der Waals surface area contributed by atoms with E-state index < -0.39 is 0 Å². The number of benzene rings is 3. The van der Waals surface area contributed by atoms with Gasteiger partial charge in [0, 0.05) is 5.56 Å². The summed E-state index contributed by atoms with van der Waals surface area (Å²) < 4.78 is 6.33. The van der Waals surface area contributed by atoms with Crippen LogP contribution in [-0.4, -0.2) is 21.0 Å². The molecule has 3 aromatic carbocycles. The smallest absolute Gasteiger partial charge is 0.221 e. The predicted molar refractivity (Wildman–Crippen MR) is 99.3 cm³/mol. The van der Waals surface area contributed by atoms with E-state index in [1.54, 1.807) is 36.4 Å². The molecule has 2 N–H and O–H groups in total. The lowest BCUT2D eigenvalue weighted by Crippen LogP contribution is -2.00. The molecule has 0 saturated carbocycles. The van der Waals surface area contributed by atoms with Gasteiger partial charge in [-0.1, -0.05) is 18.2 Å². The number of hydrogen-bond acceptors (Lipinski definition) is 6. The number of fused-ring (bicyclic) bond motifs is 1. The van der Waals surface area contributed by atoms with Crippen LogP contribution >= 0.6 is 11.3 Å². The monoisotopic (exact) mass is 363 g/mol. The molecule has 4 rings (SSSR count). The van der Waals surface area contributed by atoms with Crippen LogP contribution in [-0.2, 0) is 0 Å². The van der Waals surface area contributed by atoms with Crippen LogP contribution in [0.3, 0.4) is 0 Å². The molecule has 0 aliphatic heterocycles. The van der Waals surface area contributed by atoms with Crippen molar-refractivity contribution < 1.29 is 19.7 Å². The number of carbonyl (C=O) groups excluding carboxylic acids is 1. The minimum atomic E-state index is -0.299. The number of nitrogens with zero attached hydrogens (tertiary/aromatic N) is 1. The fraction of sp³-hybridized carbons (Fsp3) is 0. The van der Waals surface area contributed by atoms with Gasteiger partial charge in [0.2, 0.25) is 5.78 Å². The van der Waals surface area contributed by atoms with Crippen LogP contribution < -0.4 is 4.74 Å². The van der Waals surface area contributed by atoms with Crippen LogP contribution in [0.2, 0.25) is 0 Å². The number of rotatable bonds is 4. The van der Waals surface area contributed by atoms with Crippen LogP contribution in [0.5, 0.6) is 23.0 Å². The maximum atomic E-state index is 12.7. The number of carbonyl (C=O) groups is 1. The summed E-state index contributed by atoms with van der Waals surface area (Å²) in [4.78, 5) is 17.0. The molecule has 0 spiro atoms. The van der Waals surface area contributed by atoms with Gasteiger partial charge in [0.15, 0.2) is 16.5 Å². The highest BCUT2D eigenvalue weighted by Gasteiger charge is 2.17. The zero-order valence-electron chi connectivity index (χ0n) is 13.4. The zero-order valence-corrected chi connectivity index (χ0v) is 14.2. The molecule has 0 aliphatic carbocycles. The van der Waals surface area contributed by atoms with Gasteiger partial charge >= 0.3 is 0 Å². The van der Waals surface area contributed by atoms with Gasteiger partial charge in [-0.05, 0) is 48.5 Å². The lowest BCUT2D eigenvalue weighted by Gasteiger charge is -2.08. The van der Waals surface area contributed by atoms with Gasteiger partial charge in [0.05, 0.1) is 10.2 Å². The molecule has 128 valence electrons. The van der Waals surface area contributed by atoms with E-state index in [1.807, 2.05) is 18.2 Å². The van der Waals surface area contributed by atoms with Crippen molar-refractivity contribution in [1.82, 2.24) is 4.98 Å². The second-order valence-electron chi connectivity index (χ2n) is 5.60. The fourth-order valence-corrected chi connectivity index (χ4v) is 3.46. The SMILES string of the molecule is O=C(c1ccc(Oc2ccccc2)c(O)c1)c1nc2ccc(O)cc2s1. The Bertz CT molecular complexity index is 1110. The third-order valence-corrected chi connectivity index (χ3v) is 4.78. The molecule has 0 radical (unpaired) electrons. The molecule has 26 heavy (non-hydrogen) atoms. The second kappa shape index (κ2) is 6.50. The van der Waals surface area contributed by atoms with E-state index in [0.717, 1.165) is 4.70 Å². The van der Waals surface area contributed by atoms with Crippen molar-refractivity contribution in [1.29, 1.82) is 0 Å². The van der Waals surface area contributed by atoms with Gasteiger partial charge in [-0.25, -0.2) is 4.98 Å². The van der Waals surface area contributed by atoms with Gasteiger partial charge in [-0.2, -0.15) is 0 Å². The average molecular weight is 363 g/mol. The summed E-state index contributed by atoms with van der Waals surface area (Å²) in [6.45, 7) is 0. The van der Waals surface area contributed by atoms with E-state index in [9.17, 15) is 15.0 Å². The lowest BCUT2D eigenvalue weighted by molar-refractivity contribution is 0.103. The van der Waals surface area contributed by atoms with E-state index in [1.165, 1.54) is 23.5 Å². The molecule has 1 heterocycles. The predicted octanol–water partition coefficient (Wildman–Crippen LogP) is 4.73. The maximum Gasteiger partial charge on any atom is 0.221 e. The third-order valence-electron chi connectivity index (χ3n) is 3.76. The molecule has 1 aromatic heterocycles. The highest BCUT2D eigenvalue weighted by Crippen LogP contribution is 2.33. The van der Waals surface area contributed by atoms with E-state index in [-0.39, 0.29) is 23.0 Å². The number of phenols is 2. The summed E-state index contributed by atoms with van der Waals surface area (Å²) in [6.07, 6.45) is 0. The van der Waals surface area contributed by atoms with E-state index in [0.29, 0.717) is 21.8 Å². The Hall–Kier alpha value is -3.38. The molecule has 0 saturated heterocycles. The largest absolute Gasteiger partial charge is 0.508 e. The molecule has 0 aliphatic rings. The molecular weight excluding hydrogens is 350 g/mol. The molecule has 5 nitrogen and oxygen atoms in total. The van der Waals surface area contributed by atoms with Crippen molar-refractivity contribution in [2.24, 2.45) is 0 Å². The Balaban J connectivity index is 1.62. The third kappa shape index (κ3) is 3.10. The number of aromatic hydroxyl groups is 2. The first-order valence-electron chi connectivity index (χ1n) is 7.80. The summed E-state index contributed by atoms with van der Waals surface area (Å²) in [6, 6.07) is 18.3. The first-order chi connectivity index (χ1) is 12.6. The summed E-state index contributed by atoms with van der Waals surface area (Å²) in [7, 11) is 0. The number of hydrogen-bond donors (Lipinski definition) is 2. The number of aromatic nitrogens is 1. The fourth-order valence-electron chi connectivity index (χ4n) is 2.49. The van der Waals surface area contributed by atoms with Crippen molar-refractivity contribution in [2.75, 3.05) is 0 Å². The summed E-state index contributed by atoms with van der Waals surface area (Å²) in [5.41, 5.74) is 0.954. The second-order valence-corrected chi connectivity index (χ2v) is 6.63. The Morgan fingerprint density at radius 3 is 2.54 bits per heavy atom. The van der Waals surface area contributed by atoms with E-state index >= 15 is 0 Å². The van der Waals surface area contributed by atoms with Gasteiger partial charge in [-0.3, -0.25) is 4.79 Å². The molecule has 0 amide bonds. The highest BCUT2D eigenvalue weighted by atomic mass is 32.1. The Kier molecular flexibility index (Phi) is 4.02. The first kappa shape index (κ1) is 16.1. The quantitative estimate of drug-likeness (QED) is 0.512. The molecule has 4 aromatic rings. The molecular formula is C20H13NO4S. The maximum absolute atomic E-state index is 12.7. The standard InChI is InChI=1S/C20H13NO4S/c22-13-7-8-15-18(11-13)26-20(21-15)19(24)12-6-9-17(16(23)10-12)25-14-4-2-1-3-5-14/h1-11,22-23H. The van der Waals surface area contributed by atoms with Crippen LogP contribution in [0.1, 0.15) is 15.4 Å². The first-order valence-corrected chi connectivity index (χ1v) is 8.62. The molecule has 6 heteroatoms. The Morgan fingerprint density at radius 1 is 0.962 bits per heavy atom. The van der Waals surface area contributed by atoms with Crippen molar-refractivity contribution in [3.05, 3.63) is 77.3 Å². The van der Waals surface area contributed by atoms with Crippen molar-refractivity contribution in [3.8, 4) is 23.0 Å². The van der Waals surface area contributed by atoms with Crippen LogP contribution in [0.15, 0.2) is 66.7 Å². The van der Waals surface area contributed by atoms with Crippen LogP contribution in [0.25, 0.3) is 10.2 Å². The van der Waals surface area contributed by atoms with E-state index in [4.69, 9.17) is 4.74 Å². The number of ketones is 1. The molecule has 0 atom stereocenters. The van der Waals surface area contributed by atoms with Gasteiger partial charge < -0.3 is 14.9 Å². The molecule has 0 unspecified atom stereocenters. The minimum Gasteiger partial charge on any atom is -0.508 e. The van der Waals surface area contributed by atoms with E-state index in [2.05, 4.69) is 4.98 Å². The average Bonchev–Trinajstić information content (AvgIpc) is 3.07. The minimum absolute atomic E-state index is 0.125. The normalized spacial score (nSPS) is 10.8. The van der Waals surface area contributed by atoms with Crippen molar-refractivity contribution in [2.45, 2.75) is 0 Å². The molecule has 0 bridgehead atoms. The van der Waals surface area contributed by atoms with Crippen molar-refractivity contribution >= 4 is 27.3 Å². The summed E-state index contributed by atoms with van der Waals surface area (Å²) >= 11 is 1.19. The topological polar surface area (TPSA) is 79.7 Å². The van der Waals surface area contributed by atoms with Gasteiger partial charge in [0.1, 0.15) is 11.5 Å².